The number of nitrogens with zero attached hydrogens (tertiary/aromatic N) is 2. The first-order valence-electron chi connectivity index (χ1n) is 7.20. The summed E-state index contributed by atoms with van der Waals surface area (Å²) in [5.41, 5.74) is 1.32. The molecule has 2 aliphatic rings. The molecule has 1 saturated heterocycles. The van der Waals surface area contributed by atoms with Crippen molar-refractivity contribution < 1.29 is 4.74 Å². The van der Waals surface area contributed by atoms with Gasteiger partial charge in [-0.1, -0.05) is 36.8 Å². The van der Waals surface area contributed by atoms with Gasteiger partial charge in [-0.25, -0.2) is 10.0 Å². The smallest absolute Gasteiger partial charge is 0.116 e. The quantitative estimate of drug-likeness (QED) is 0.829. The first-order valence-corrected chi connectivity index (χ1v) is 7.20. The minimum atomic E-state index is 0.254. The largest absolute Gasteiger partial charge is 0.499 e. The lowest BCUT2D eigenvalue weighted by molar-refractivity contribution is -0.0547. The second-order valence-corrected chi connectivity index (χ2v) is 5.26. The number of ether oxygens (including phenoxy) is 1. The van der Waals surface area contributed by atoms with Crippen LogP contribution in [0.3, 0.4) is 0 Å². The van der Waals surface area contributed by atoms with Crippen LogP contribution in [0.25, 0.3) is 0 Å². The summed E-state index contributed by atoms with van der Waals surface area (Å²) in [5.74, 6) is 1.08. The van der Waals surface area contributed by atoms with Gasteiger partial charge in [0.1, 0.15) is 11.8 Å². The van der Waals surface area contributed by atoms with Crippen molar-refractivity contribution >= 4 is 0 Å². The van der Waals surface area contributed by atoms with Gasteiger partial charge in [-0.15, -0.1) is 0 Å². The fraction of sp³-hybridized carbons (Fsp3) is 0.500. The van der Waals surface area contributed by atoms with Crippen LogP contribution < -0.4 is 0 Å². The Morgan fingerprint density at radius 2 is 1.79 bits per heavy atom. The predicted molar refractivity (Wildman–Crippen MR) is 76.4 cm³/mol. The molecule has 0 N–H and O–H groups in total. The van der Waals surface area contributed by atoms with Crippen LogP contribution in [0, 0.1) is 0 Å². The molecule has 1 unspecified atom stereocenters. The van der Waals surface area contributed by atoms with Gasteiger partial charge in [0.25, 0.3) is 0 Å². The predicted octanol–water partition coefficient (Wildman–Crippen LogP) is 2.97. The number of hydrogen-bond acceptors (Lipinski definition) is 3. The summed E-state index contributed by atoms with van der Waals surface area (Å²) in [6, 6.07) is 10.9. The molecule has 1 atom stereocenters. The highest BCUT2D eigenvalue weighted by atomic mass is 16.5. The maximum Gasteiger partial charge on any atom is 0.116 e. The second kappa shape index (κ2) is 5.76. The minimum absolute atomic E-state index is 0.254. The fourth-order valence-corrected chi connectivity index (χ4v) is 3.13. The highest BCUT2D eigenvalue weighted by Gasteiger charge is 2.34. The van der Waals surface area contributed by atoms with Crippen LogP contribution in [0.5, 0.6) is 0 Å². The van der Waals surface area contributed by atoms with Crippen molar-refractivity contribution in [2.75, 3.05) is 26.7 Å². The molecule has 0 spiro atoms. The van der Waals surface area contributed by atoms with E-state index in [-0.39, 0.29) is 6.04 Å². The van der Waals surface area contributed by atoms with E-state index >= 15 is 0 Å². The van der Waals surface area contributed by atoms with Crippen molar-refractivity contribution in [3.05, 3.63) is 47.7 Å². The Morgan fingerprint density at radius 1 is 1.05 bits per heavy atom. The van der Waals surface area contributed by atoms with Crippen molar-refractivity contribution in [1.29, 1.82) is 0 Å². The van der Waals surface area contributed by atoms with Gasteiger partial charge in [-0.05, 0) is 24.5 Å². The molecular formula is C16H22N2O. The van der Waals surface area contributed by atoms with Crippen LogP contribution in [-0.2, 0) is 4.74 Å². The molecule has 0 aromatic heterocycles. The summed E-state index contributed by atoms with van der Waals surface area (Å²) in [5, 5.41) is 4.97. The zero-order valence-electron chi connectivity index (χ0n) is 11.6. The summed E-state index contributed by atoms with van der Waals surface area (Å²) < 4.78 is 5.59. The van der Waals surface area contributed by atoms with E-state index in [0.717, 1.165) is 12.3 Å². The first kappa shape index (κ1) is 12.7. The topological polar surface area (TPSA) is 15.7 Å². The fourth-order valence-electron chi connectivity index (χ4n) is 3.13. The number of methoxy groups -OCH3 is 1. The lowest BCUT2D eigenvalue weighted by Gasteiger charge is -2.39. The third-order valence-corrected chi connectivity index (χ3v) is 4.09. The minimum Gasteiger partial charge on any atom is -0.499 e. The van der Waals surface area contributed by atoms with Gasteiger partial charge in [-0.3, -0.25) is 0 Å². The summed E-state index contributed by atoms with van der Waals surface area (Å²) in [6.45, 7) is 3.31. The van der Waals surface area contributed by atoms with E-state index in [1.807, 2.05) is 0 Å². The van der Waals surface area contributed by atoms with Crippen LogP contribution in [0.1, 0.15) is 30.9 Å². The van der Waals surface area contributed by atoms with E-state index in [4.69, 9.17) is 4.74 Å². The molecule has 3 heteroatoms. The Hall–Kier alpha value is -1.32. The van der Waals surface area contributed by atoms with Crippen LogP contribution >= 0.6 is 0 Å². The molecule has 0 radical (unpaired) electrons. The van der Waals surface area contributed by atoms with Gasteiger partial charge in [0.05, 0.1) is 7.11 Å². The van der Waals surface area contributed by atoms with E-state index in [9.17, 15) is 0 Å². The Balaban J connectivity index is 1.84. The molecule has 0 bridgehead atoms. The van der Waals surface area contributed by atoms with E-state index in [1.165, 1.54) is 37.9 Å². The molecule has 0 aliphatic carbocycles. The van der Waals surface area contributed by atoms with Crippen LogP contribution in [0.2, 0.25) is 0 Å². The molecule has 102 valence electrons. The van der Waals surface area contributed by atoms with Gasteiger partial charge in [0, 0.05) is 19.6 Å². The van der Waals surface area contributed by atoms with E-state index in [1.54, 1.807) is 7.11 Å². The zero-order valence-corrected chi connectivity index (χ0v) is 11.6. The molecule has 3 nitrogen and oxygen atoms in total. The average molecular weight is 258 g/mol. The molecule has 19 heavy (non-hydrogen) atoms. The van der Waals surface area contributed by atoms with E-state index in [2.05, 4.69) is 46.4 Å². The lowest BCUT2D eigenvalue weighted by Crippen LogP contribution is -2.45. The van der Waals surface area contributed by atoms with Gasteiger partial charge < -0.3 is 4.74 Å². The van der Waals surface area contributed by atoms with Gasteiger partial charge in [-0.2, -0.15) is 0 Å². The van der Waals surface area contributed by atoms with Crippen LogP contribution in [0.4, 0.5) is 0 Å². The number of piperidine rings is 1. The molecule has 3 rings (SSSR count). The second-order valence-electron chi connectivity index (χ2n) is 5.26. The Kier molecular flexibility index (Phi) is 3.85. The number of rotatable bonds is 3. The maximum atomic E-state index is 5.59. The third kappa shape index (κ3) is 2.53. The molecule has 1 aromatic rings. The Bertz CT molecular complexity index is 437. The summed E-state index contributed by atoms with van der Waals surface area (Å²) in [6.07, 6.45) is 6.19. The third-order valence-electron chi connectivity index (χ3n) is 4.09. The van der Waals surface area contributed by atoms with Crippen molar-refractivity contribution in [3.63, 3.8) is 0 Å². The normalized spacial score (nSPS) is 25.3. The van der Waals surface area contributed by atoms with Gasteiger partial charge in [0.15, 0.2) is 0 Å². The summed E-state index contributed by atoms with van der Waals surface area (Å²) in [4.78, 5) is 0. The molecule has 1 aromatic carbocycles. The van der Waals surface area contributed by atoms with Crippen molar-refractivity contribution in [2.24, 2.45) is 0 Å². The SMILES string of the molecule is COC1=CCN(N2CCCCC2)C1c1ccccc1. The summed E-state index contributed by atoms with van der Waals surface area (Å²) in [7, 11) is 1.78. The average Bonchev–Trinajstić information content (AvgIpc) is 2.93. The highest BCUT2D eigenvalue weighted by Crippen LogP contribution is 2.35. The number of benzene rings is 1. The monoisotopic (exact) mass is 258 g/mol. The summed E-state index contributed by atoms with van der Waals surface area (Å²) >= 11 is 0. The van der Waals surface area contributed by atoms with E-state index in [0.29, 0.717) is 0 Å². The van der Waals surface area contributed by atoms with Crippen molar-refractivity contribution in [2.45, 2.75) is 25.3 Å². The Labute approximate surface area is 115 Å². The van der Waals surface area contributed by atoms with Crippen LogP contribution in [0.15, 0.2) is 42.2 Å². The Morgan fingerprint density at radius 3 is 2.47 bits per heavy atom. The first-order chi connectivity index (χ1) is 9.40. The molecular weight excluding hydrogens is 236 g/mol. The highest BCUT2D eigenvalue weighted by molar-refractivity contribution is 5.28. The molecule has 0 saturated carbocycles. The molecule has 0 amide bonds. The van der Waals surface area contributed by atoms with Gasteiger partial charge in [0.2, 0.25) is 0 Å². The molecule has 1 fully saturated rings. The number of hydrazine groups is 1. The zero-order chi connectivity index (χ0) is 13.1. The number of hydrogen-bond donors (Lipinski definition) is 0. The molecule has 2 aliphatic heterocycles. The van der Waals surface area contributed by atoms with E-state index < -0.39 is 0 Å². The maximum absolute atomic E-state index is 5.59. The van der Waals surface area contributed by atoms with Crippen molar-refractivity contribution in [3.8, 4) is 0 Å². The molecule has 2 heterocycles. The van der Waals surface area contributed by atoms with Crippen LogP contribution in [-0.4, -0.2) is 36.8 Å². The lowest BCUT2D eigenvalue weighted by atomic mass is 10.1. The van der Waals surface area contributed by atoms with Crippen molar-refractivity contribution in [1.82, 2.24) is 10.0 Å². The van der Waals surface area contributed by atoms with Gasteiger partial charge >= 0.3 is 0 Å². The standard InChI is InChI=1S/C16H22N2O/c1-19-15-10-13-18(17-11-6-3-7-12-17)16(15)14-8-4-2-5-9-14/h2,4-5,8-10,16H,3,6-7,11-13H2,1H3.